The molecule has 0 radical (unpaired) electrons. The highest BCUT2D eigenvalue weighted by Gasteiger charge is 2.19. The number of aryl methyl sites for hydroxylation is 2. The summed E-state index contributed by atoms with van der Waals surface area (Å²) in [6, 6.07) is 3.49. The lowest BCUT2D eigenvalue weighted by atomic mass is 10.1. The van der Waals surface area contributed by atoms with E-state index in [9.17, 15) is 10.1 Å². The van der Waals surface area contributed by atoms with Crippen molar-refractivity contribution < 1.29 is 9.32 Å². The summed E-state index contributed by atoms with van der Waals surface area (Å²) in [5, 5.41) is 15.8. The van der Waals surface area contributed by atoms with Gasteiger partial charge in [-0.2, -0.15) is 10.2 Å². The Morgan fingerprint density at radius 3 is 2.76 bits per heavy atom. The molecule has 25 heavy (non-hydrogen) atoms. The molecule has 0 fully saturated rings. The zero-order valence-electron chi connectivity index (χ0n) is 15.3. The third-order valence-corrected chi connectivity index (χ3v) is 3.99. The zero-order valence-corrected chi connectivity index (χ0v) is 15.3. The lowest BCUT2D eigenvalue weighted by Gasteiger charge is -2.09. The van der Waals surface area contributed by atoms with Gasteiger partial charge < -0.3 is 14.4 Å². The quantitative estimate of drug-likeness (QED) is 0.643. The van der Waals surface area contributed by atoms with Crippen LogP contribution >= 0.6 is 0 Å². The average Bonchev–Trinajstić information content (AvgIpc) is 3.11. The fraction of sp³-hybridized carbons (Fsp3) is 0.444. The predicted octanol–water partition coefficient (Wildman–Crippen LogP) is 2.99. The normalized spacial score (nSPS) is 12.7. The van der Waals surface area contributed by atoms with Crippen LogP contribution in [-0.2, 0) is 11.3 Å². The minimum atomic E-state index is -0.474. The van der Waals surface area contributed by atoms with Gasteiger partial charge in [0.15, 0.2) is 5.82 Å². The number of hydrogen-bond acceptors (Lipinski definition) is 5. The van der Waals surface area contributed by atoms with E-state index in [1.807, 2.05) is 26.0 Å². The number of carbonyl (C=O) groups is 1. The molecule has 1 atom stereocenters. The second-order valence-electron chi connectivity index (χ2n) is 6.02. The number of nitriles is 1. The first-order chi connectivity index (χ1) is 11.9. The summed E-state index contributed by atoms with van der Waals surface area (Å²) < 4.78 is 7.23. The van der Waals surface area contributed by atoms with E-state index in [0.29, 0.717) is 11.7 Å². The molecule has 2 aromatic rings. The molecule has 2 heterocycles. The Morgan fingerprint density at radius 1 is 1.48 bits per heavy atom. The highest BCUT2D eigenvalue weighted by Crippen LogP contribution is 2.19. The Kier molecular flexibility index (Phi) is 5.75. The van der Waals surface area contributed by atoms with Crippen molar-refractivity contribution >= 4 is 12.0 Å². The van der Waals surface area contributed by atoms with Gasteiger partial charge in [0.2, 0.25) is 5.89 Å². The molecule has 2 aromatic heterocycles. The van der Waals surface area contributed by atoms with E-state index in [1.54, 1.807) is 19.9 Å². The van der Waals surface area contributed by atoms with E-state index in [4.69, 9.17) is 4.52 Å². The number of rotatable bonds is 6. The molecule has 1 amide bonds. The molecule has 1 N–H and O–H groups in total. The third-order valence-electron chi connectivity index (χ3n) is 3.99. The number of hydrogen-bond donors (Lipinski definition) is 1. The highest BCUT2D eigenvalue weighted by molar-refractivity contribution is 6.01. The van der Waals surface area contributed by atoms with Crippen LogP contribution in [-0.4, -0.2) is 20.6 Å². The molecule has 0 spiro atoms. The molecule has 2 rings (SSSR count). The molecule has 0 bridgehead atoms. The molecule has 0 saturated carbocycles. The van der Waals surface area contributed by atoms with Crippen LogP contribution in [0.5, 0.6) is 0 Å². The number of amides is 1. The maximum Gasteiger partial charge on any atom is 0.262 e. The van der Waals surface area contributed by atoms with Crippen LogP contribution in [0.1, 0.15) is 55.0 Å². The van der Waals surface area contributed by atoms with Gasteiger partial charge in [-0.05, 0) is 51.8 Å². The summed E-state index contributed by atoms with van der Waals surface area (Å²) in [7, 11) is 0. The van der Waals surface area contributed by atoms with Crippen LogP contribution in [0.15, 0.2) is 16.2 Å². The van der Waals surface area contributed by atoms with Crippen molar-refractivity contribution in [3.63, 3.8) is 0 Å². The number of aromatic nitrogens is 3. The van der Waals surface area contributed by atoms with Crippen LogP contribution < -0.4 is 5.32 Å². The van der Waals surface area contributed by atoms with E-state index in [0.717, 1.165) is 29.9 Å². The summed E-state index contributed by atoms with van der Waals surface area (Å²) >= 11 is 0. The third kappa shape index (κ3) is 4.15. The largest absolute Gasteiger partial charge is 0.349 e. The van der Waals surface area contributed by atoms with Crippen molar-refractivity contribution in [2.45, 2.75) is 53.6 Å². The van der Waals surface area contributed by atoms with Crippen molar-refractivity contribution in [1.29, 1.82) is 5.26 Å². The first-order valence-electron chi connectivity index (χ1n) is 8.27. The summed E-state index contributed by atoms with van der Waals surface area (Å²) in [6.07, 6.45) is 2.64. The molecular formula is C18H23N5O2. The van der Waals surface area contributed by atoms with Crippen LogP contribution in [0, 0.1) is 32.1 Å². The van der Waals surface area contributed by atoms with Crippen LogP contribution in [0.25, 0.3) is 6.08 Å². The molecule has 132 valence electrons. The molecule has 7 heteroatoms. The average molecular weight is 341 g/mol. The van der Waals surface area contributed by atoms with E-state index >= 15 is 0 Å². The van der Waals surface area contributed by atoms with Gasteiger partial charge in [0.1, 0.15) is 17.7 Å². The number of carbonyl (C=O) groups excluding carboxylic acids is 1. The maximum absolute atomic E-state index is 12.4. The lowest BCUT2D eigenvalue weighted by Crippen LogP contribution is -2.27. The monoisotopic (exact) mass is 341 g/mol. The molecule has 0 aliphatic rings. The molecule has 0 unspecified atom stereocenters. The van der Waals surface area contributed by atoms with Crippen molar-refractivity contribution in [3.05, 3.63) is 40.3 Å². The van der Waals surface area contributed by atoms with Gasteiger partial charge in [0.05, 0.1) is 0 Å². The smallest absolute Gasteiger partial charge is 0.262 e. The first-order valence-corrected chi connectivity index (χ1v) is 8.27. The zero-order chi connectivity index (χ0) is 18.6. The Labute approximate surface area is 147 Å². The minimum Gasteiger partial charge on any atom is -0.349 e. The summed E-state index contributed by atoms with van der Waals surface area (Å²) in [4.78, 5) is 16.5. The Bertz CT molecular complexity index is 838. The molecule has 0 saturated heterocycles. The van der Waals surface area contributed by atoms with Crippen LogP contribution in [0.4, 0.5) is 0 Å². The van der Waals surface area contributed by atoms with Crippen molar-refractivity contribution in [2.24, 2.45) is 0 Å². The van der Waals surface area contributed by atoms with Crippen LogP contribution in [0.3, 0.4) is 0 Å². The first kappa shape index (κ1) is 18.5. The molecule has 0 aliphatic heterocycles. The Morgan fingerprint density at radius 2 is 2.20 bits per heavy atom. The van der Waals surface area contributed by atoms with Gasteiger partial charge >= 0.3 is 0 Å². The number of nitrogens with one attached hydrogen (secondary N) is 1. The second kappa shape index (κ2) is 7.79. The van der Waals surface area contributed by atoms with Gasteiger partial charge in [0, 0.05) is 17.9 Å². The van der Waals surface area contributed by atoms with E-state index in [-0.39, 0.29) is 5.57 Å². The van der Waals surface area contributed by atoms with Gasteiger partial charge in [-0.1, -0.05) is 12.1 Å². The standard InChI is InChI=1S/C18H23N5O2/c1-6-7-23-11(2)8-15(13(23)4)9-16(10-19)17(24)20-12(3)18-21-14(5)22-25-18/h8-9,12H,6-7H2,1-5H3,(H,20,24)/b16-9+/t12-/m1/s1. The molecule has 0 aliphatic carbocycles. The topological polar surface area (TPSA) is 96.7 Å². The Balaban J connectivity index is 2.21. The molecular weight excluding hydrogens is 318 g/mol. The highest BCUT2D eigenvalue weighted by atomic mass is 16.5. The second-order valence-corrected chi connectivity index (χ2v) is 6.02. The van der Waals surface area contributed by atoms with Gasteiger partial charge in [-0.3, -0.25) is 4.79 Å². The van der Waals surface area contributed by atoms with E-state index < -0.39 is 11.9 Å². The minimum absolute atomic E-state index is 0.0415. The fourth-order valence-corrected chi connectivity index (χ4v) is 2.67. The summed E-state index contributed by atoms with van der Waals surface area (Å²) in [6.45, 7) is 10.5. The van der Waals surface area contributed by atoms with Gasteiger partial charge in [0.25, 0.3) is 5.91 Å². The summed E-state index contributed by atoms with van der Waals surface area (Å²) in [5.41, 5.74) is 3.07. The maximum atomic E-state index is 12.4. The van der Waals surface area contributed by atoms with E-state index in [1.165, 1.54) is 0 Å². The fourth-order valence-electron chi connectivity index (χ4n) is 2.67. The van der Waals surface area contributed by atoms with Crippen molar-refractivity contribution in [3.8, 4) is 6.07 Å². The lowest BCUT2D eigenvalue weighted by molar-refractivity contribution is -0.117. The van der Waals surface area contributed by atoms with Crippen molar-refractivity contribution in [1.82, 2.24) is 20.0 Å². The van der Waals surface area contributed by atoms with Crippen molar-refractivity contribution in [2.75, 3.05) is 0 Å². The van der Waals surface area contributed by atoms with E-state index in [2.05, 4.69) is 26.9 Å². The van der Waals surface area contributed by atoms with Gasteiger partial charge in [-0.25, -0.2) is 0 Å². The predicted molar refractivity (Wildman–Crippen MR) is 93.4 cm³/mol. The number of nitrogens with zero attached hydrogens (tertiary/aromatic N) is 4. The van der Waals surface area contributed by atoms with Crippen LogP contribution in [0.2, 0.25) is 0 Å². The SMILES string of the molecule is CCCn1c(C)cc(/C=C(\C#N)C(=O)N[C@H](C)c2nc(C)no2)c1C. The molecule has 7 nitrogen and oxygen atoms in total. The van der Waals surface area contributed by atoms with Gasteiger partial charge in [-0.15, -0.1) is 0 Å². The molecule has 0 aromatic carbocycles. The Hall–Kier alpha value is -2.88. The summed E-state index contributed by atoms with van der Waals surface area (Å²) in [5.74, 6) is 0.339.